The Morgan fingerprint density at radius 3 is 2.61 bits per heavy atom. The molecule has 2 aromatic heterocycles. The molecule has 3 N–H and O–H groups in total. The molecule has 0 spiro atoms. The van der Waals surface area contributed by atoms with Gasteiger partial charge in [0, 0.05) is 41.0 Å². The third-order valence-corrected chi connectivity index (χ3v) is 2.86. The molecule has 0 saturated carbocycles. The average molecular weight is 236 g/mol. The van der Waals surface area contributed by atoms with Crippen LogP contribution in [0.5, 0.6) is 0 Å². The van der Waals surface area contributed by atoms with E-state index in [4.69, 9.17) is 5.73 Å². The average Bonchev–Trinajstić information content (AvgIpc) is 2.93. The zero-order valence-corrected chi connectivity index (χ0v) is 9.67. The van der Waals surface area contributed by atoms with Crippen LogP contribution in [0.4, 0.5) is 5.69 Å². The Balaban J connectivity index is 2.05. The summed E-state index contributed by atoms with van der Waals surface area (Å²) in [5, 5.41) is 6.73. The second-order valence-corrected chi connectivity index (χ2v) is 4.03. The second kappa shape index (κ2) is 4.33. The molecule has 18 heavy (non-hydrogen) atoms. The molecule has 3 aromatic rings. The number of nitrogens with one attached hydrogen (secondary N) is 1. The van der Waals surface area contributed by atoms with Crippen LogP contribution in [0.15, 0.2) is 55.1 Å². The molecule has 0 amide bonds. The number of hydrogen-bond acceptors (Lipinski definition) is 3. The molecule has 2 heterocycles. The van der Waals surface area contributed by atoms with Crippen LogP contribution >= 0.6 is 0 Å². The van der Waals surface area contributed by atoms with Crippen LogP contribution in [0.2, 0.25) is 0 Å². The molecule has 0 aliphatic carbocycles. The standard InChI is InChI=1S/C14H12N4/c15-14-6-10(12-8-17-18-9-12)3-4-13(14)11-2-1-5-16-7-11/h1-9H,15H2,(H,17,18). The highest BCUT2D eigenvalue weighted by Crippen LogP contribution is 2.29. The van der Waals surface area contributed by atoms with Gasteiger partial charge in [-0.25, -0.2) is 0 Å². The molecule has 0 aliphatic heterocycles. The van der Waals surface area contributed by atoms with E-state index in [2.05, 4.69) is 15.2 Å². The van der Waals surface area contributed by atoms with Gasteiger partial charge in [-0.1, -0.05) is 18.2 Å². The molecule has 0 radical (unpaired) electrons. The minimum absolute atomic E-state index is 0.738. The van der Waals surface area contributed by atoms with Gasteiger partial charge in [0.2, 0.25) is 0 Å². The molecule has 1 aromatic carbocycles. The zero-order valence-electron chi connectivity index (χ0n) is 9.67. The molecule has 0 aliphatic rings. The van der Waals surface area contributed by atoms with Crippen molar-refractivity contribution in [2.24, 2.45) is 0 Å². The van der Waals surface area contributed by atoms with E-state index in [1.165, 1.54) is 0 Å². The van der Waals surface area contributed by atoms with Gasteiger partial charge < -0.3 is 5.73 Å². The number of nitrogens with two attached hydrogens (primary N) is 1. The van der Waals surface area contributed by atoms with Gasteiger partial charge >= 0.3 is 0 Å². The maximum absolute atomic E-state index is 6.10. The van der Waals surface area contributed by atoms with E-state index in [1.807, 2.05) is 42.7 Å². The van der Waals surface area contributed by atoms with Crippen molar-refractivity contribution >= 4 is 5.69 Å². The molecule has 0 fully saturated rings. The molecule has 0 atom stereocenters. The molecular formula is C14H12N4. The minimum Gasteiger partial charge on any atom is -0.398 e. The quantitative estimate of drug-likeness (QED) is 0.672. The van der Waals surface area contributed by atoms with Crippen LogP contribution in [0, 0.1) is 0 Å². The number of hydrogen-bond donors (Lipinski definition) is 2. The summed E-state index contributed by atoms with van der Waals surface area (Å²) in [6.45, 7) is 0. The smallest absolute Gasteiger partial charge is 0.0565 e. The number of anilines is 1. The highest BCUT2D eigenvalue weighted by Gasteiger charge is 2.05. The second-order valence-electron chi connectivity index (χ2n) is 4.03. The summed E-state index contributed by atoms with van der Waals surface area (Å²) < 4.78 is 0. The largest absolute Gasteiger partial charge is 0.398 e. The van der Waals surface area contributed by atoms with Gasteiger partial charge in [-0.05, 0) is 17.7 Å². The molecule has 3 rings (SSSR count). The number of rotatable bonds is 2. The Morgan fingerprint density at radius 2 is 1.94 bits per heavy atom. The van der Waals surface area contributed by atoms with Gasteiger partial charge in [0.15, 0.2) is 0 Å². The lowest BCUT2D eigenvalue weighted by Gasteiger charge is -2.07. The zero-order chi connectivity index (χ0) is 12.4. The summed E-state index contributed by atoms with van der Waals surface area (Å²) >= 11 is 0. The van der Waals surface area contributed by atoms with Gasteiger partial charge in [0.25, 0.3) is 0 Å². The highest BCUT2D eigenvalue weighted by atomic mass is 15.1. The SMILES string of the molecule is Nc1cc(-c2cn[nH]c2)ccc1-c1cccnc1. The van der Waals surface area contributed by atoms with E-state index < -0.39 is 0 Å². The number of aromatic nitrogens is 3. The molecule has 4 heteroatoms. The number of pyridine rings is 1. The molecule has 0 bridgehead atoms. The summed E-state index contributed by atoms with van der Waals surface area (Å²) in [5.74, 6) is 0. The summed E-state index contributed by atoms with van der Waals surface area (Å²) in [6.07, 6.45) is 7.18. The third-order valence-electron chi connectivity index (χ3n) is 2.86. The fourth-order valence-corrected chi connectivity index (χ4v) is 1.94. The third kappa shape index (κ3) is 1.84. The maximum Gasteiger partial charge on any atom is 0.0565 e. The lowest BCUT2D eigenvalue weighted by Crippen LogP contribution is -1.91. The van der Waals surface area contributed by atoms with E-state index >= 15 is 0 Å². The van der Waals surface area contributed by atoms with Gasteiger partial charge in [-0.2, -0.15) is 5.10 Å². The van der Waals surface area contributed by atoms with Gasteiger partial charge in [0.1, 0.15) is 0 Å². The van der Waals surface area contributed by atoms with Crippen molar-refractivity contribution in [1.29, 1.82) is 0 Å². The molecule has 88 valence electrons. The van der Waals surface area contributed by atoms with Crippen molar-refractivity contribution in [1.82, 2.24) is 15.2 Å². The van der Waals surface area contributed by atoms with Crippen LogP contribution in [0.3, 0.4) is 0 Å². The predicted molar refractivity (Wildman–Crippen MR) is 71.7 cm³/mol. The first-order chi connectivity index (χ1) is 8.84. The fraction of sp³-hybridized carbons (Fsp3) is 0. The Morgan fingerprint density at radius 1 is 1.00 bits per heavy atom. The van der Waals surface area contributed by atoms with Crippen molar-refractivity contribution in [3.8, 4) is 22.3 Å². The minimum atomic E-state index is 0.738. The molecule has 4 nitrogen and oxygen atoms in total. The Kier molecular flexibility index (Phi) is 2.53. The van der Waals surface area contributed by atoms with Gasteiger partial charge in [-0.3, -0.25) is 10.1 Å². The summed E-state index contributed by atoms with van der Waals surface area (Å²) in [5.41, 5.74) is 10.9. The first-order valence-electron chi connectivity index (χ1n) is 5.63. The maximum atomic E-state index is 6.10. The van der Waals surface area contributed by atoms with Crippen LogP contribution < -0.4 is 5.73 Å². The summed E-state index contributed by atoms with van der Waals surface area (Å²) in [7, 11) is 0. The van der Waals surface area contributed by atoms with Crippen molar-refractivity contribution in [3.05, 3.63) is 55.1 Å². The number of benzene rings is 1. The lowest BCUT2D eigenvalue weighted by atomic mass is 10.0. The number of nitrogens with zero attached hydrogens (tertiary/aromatic N) is 2. The topological polar surface area (TPSA) is 67.6 Å². The Hall–Kier alpha value is -2.62. The highest BCUT2D eigenvalue weighted by molar-refractivity contribution is 5.80. The van der Waals surface area contributed by atoms with Crippen molar-refractivity contribution in [2.75, 3.05) is 5.73 Å². The number of aromatic amines is 1. The van der Waals surface area contributed by atoms with E-state index in [0.717, 1.165) is 27.9 Å². The van der Waals surface area contributed by atoms with Crippen LogP contribution in [0.25, 0.3) is 22.3 Å². The predicted octanol–water partition coefficient (Wildman–Crippen LogP) is 2.72. The summed E-state index contributed by atoms with van der Waals surface area (Å²) in [6, 6.07) is 9.89. The van der Waals surface area contributed by atoms with Crippen LogP contribution in [-0.4, -0.2) is 15.2 Å². The van der Waals surface area contributed by atoms with Crippen molar-refractivity contribution in [2.45, 2.75) is 0 Å². The van der Waals surface area contributed by atoms with E-state index in [9.17, 15) is 0 Å². The lowest BCUT2D eigenvalue weighted by molar-refractivity contribution is 1.09. The van der Waals surface area contributed by atoms with Crippen molar-refractivity contribution in [3.63, 3.8) is 0 Å². The van der Waals surface area contributed by atoms with Crippen molar-refractivity contribution < 1.29 is 0 Å². The Labute approximate surface area is 105 Å². The first kappa shape index (κ1) is 10.5. The number of H-pyrrole nitrogens is 1. The summed E-state index contributed by atoms with van der Waals surface area (Å²) in [4.78, 5) is 4.10. The van der Waals surface area contributed by atoms with Gasteiger partial charge in [0.05, 0.1) is 6.20 Å². The monoisotopic (exact) mass is 236 g/mol. The molecular weight excluding hydrogens is 224 g/mol. The van der Waals surface area contributed by atoms with E-state index in [1.54, 1.807) is 12.4 Å². The normalized spacial score (nSPS) is 10.4. The van der Waals surface area contributed by atoms with E-state index in [0.29, 0.717) is 0 Å². The Bertz CT molecular complexity index is 645. The molecule has 0 saturated heterocycles. The number of nitrogen functional groups attached to an aromatic ring is 1. The van der Waals surface area contributed by atoms with Gasteiger partial charge in [-0.15, -0.1) is 0 Å². The fourth-order valence-electron chi connectivity index (χ4n) is 1.94. The first-order valence-corrected chi connectivity index (χ1v) is 5.63. The van der Waals surface area contributed by atoms with E-state index in [-0.39, 0.29) is 0 Å². The van der Waals surface area contributed by atoms with Crippen LogP contribution in [-0.2, 0) is 0 Å². The van der Waals surface area contributed by atoms with Crippen LogP contribution in [0.1, 0.15) is 0 Å². The molecule has 0 unspecified atom stereocenters.